The fraction of sp³-hybridized carbons (Fsp3) is 0.857. The van der Waals surface area contributed by atoms with Gasteiger partial charge in [-0.1, -0.05) is 13.8 Å². The predicted molar refractivity (Wildman–Crippen MR) is 75.5 cm³/mol. The van der Waals surface area contributed by atoms with Crippen LogP contribution in [0.5, 0.6) is 0 Å². The van der Waals surface area contributed by atoms with Crippen molar-refractivity contribution in [1.29, 1.82) is 0 Å². The summed E-state index contributed by atoms with van der Waals surface area (Å²) in [5.74, 6) is -0.784. The van der Waals surface area contributed by atoms with Gasteiger partial charge in [-0.25, -0.2) is 4.79 Å². The van der Waals surface area contributed by atoms with Crippen LogP contribution in [-0.2, 0) is 4.79 Å². The molecule has 6 heteroatoms. The van der Waals surface area contributed by atoms with E-state index in [0.29, 0.717) is 0 Å². The molecule has 1 heterocycles. The lowest BCUT2D eigenvalue weighted by molar-refractivity contribution is -0.137. The van der Waals surface area contributed by atoms with Gasteiger partial charge in [-0.05, 0) is 25.2 Å². The van der Waals surface area contributed by atoms with Crippen molar-refractivity contribution in [3.05, 3.63) is 0 Å². The molecule has 1 aliphatic carbocycles. The summed E-state index contributed by atoms with van der Waals surface area (Å²) in [5.41, 5.74) is 0. The molecule has 3 N–H and O–H groups in total. The van der Waals surface area contributed by atoms with E-state index in [0.717, 1.165) is 25.6 Å². The van der Waals surface area contributed by atoms with E-state index in [4.69, 9.17) is 5.11 Å². The predicted octanol–water partition coefficient (Wildman–Crippen LogP) is 1.02. The molecule has 2 rings (SSSR count). The molecular weight excluding hydrogens is 258 g/mol. The number of hydrogen-bond donors (Lipinski definition) is 3. The van der Waals surface area contributed by atoms with Crippen LogP contribution < -0.4 is 10.6 Å². The van der Waals surface area contributed by atoms with Crippen LogP contribution in [0.15, 0.2) is 0 Å². The van der Waals surface area contributed by atoms with E-state index in [2.05, 4.69) is 15.5 Å². The molecule has 0 aromatic carbocycles. The molecule has 2 aliphatic rings. The fourth-order valence-electron chi connectivity index (χ4n) is 2.71. The van der Waals surface area contributed by atoms with Crippen LogP contribution in [0.4, 0.5) is 4.79 Å². The number of hydrogen-bond acceptors (Lipinski definition) is 3. The second kappa shape index (κ2) is 6.43. The highest BCUT2D eigenvalue weighted by molar-refractivity contribution is 5.76. The van der Waals surface area contributed by atoms with Crippen molar-refractivity contribution in [3.63, 3.8) is 0 Å². The summed E-state index contributed by atoms with van der Waals surface area (Å²) in [4.78, 5) is 25.2. The maximum absolute atomic E-state index is 12.0. The standard InChI is InChI=1S/C14H25N3O3/c1-9(2)12(7-13(18)19)16-14(20)15-10-5-6-17(8-10)11-3-4-11/h9-12H,3-8H2,1-2H3,(H,18,19)(H2,15,16,20). The highest BCUT2D eigenvalue weighted by atomic mass is 16.4. The molecule has 0 aromatic rings. The van der Waals surface area contributed by atoms with E-state index >= 15 is 0 Å². The Balaban J connectivity index is 1.74. The zero-order chi connectivity index (χ0) is 14.7. The third-order valence-electron chi connectivity index (χ3n) is 4.13. The van der Waals surface area contributed by atoms with E-state index in [1.165, 1.54) is 12.8 Å². The van der Waals surface area contributed by atoms with Gasteiger partial charge < -0.3 is 15.7 Å². The number of carboxylic acid groups (broad SMARTS) is 1. The molecular formula is C14H25N3O3. The number of likely N-dealkylation sites (tertiary alicyclic amines) is 1. The number of nitrogens with zero attached hydrogens (tertiary/aromatic N) is 1. The minimum atomic E-state index is -0.884. The summed E-state index contributed by atoms with van der Waals surface area (Å²) in [7, 11) is 0. The Morgan fingerprint density at radius 2 is 2.00 bits per heavy atom. The lowest BCUT2D eigenvalue weighted by Gasteiger charge is -2.22. The number of carboxylic acids is 1. The number of carbonyl (C=O) groups excluding carboxylic acids is 1. The average molecular weight is 283 g/mol. The Hall–Kier alpha value is -1.30. The van der Waals surface area contributed by atoms with Crippen LogP contribution in [0.3, 0.4) is 0 Å². The van der Waals surface area contributed by atoms with Crippen molar-refractivity contribution < 1.29 is 14.7 Å². The Morgan fingerprint density at radius 1 is 1.30 bits per heavy atom. The van der Waals surface area contributed by atoms with Crippen LogP contribution in [0, 0.1) is 5.92 Å². The van der Waals surface area contributed by atoms with Crippen molar-refractivity contribution in [2.75, 3.05) is 13.1 Å². The molecule has 114 valence electrons. The maximum Gasteiger partial charge on any atom is 0.315 e. The molecule has 2 fully saturated rings. The van der Waals surface area contributed by atoms with Crippen LogP contribution in [0.1, 0.15) is 39.5 Å². The van der Waals surface area contributed by atoms with Gasteiger partial charge in [0.15, 0.2) is 0 Å². The second-order valence-corrected chi connectivity index (χ2v) is 6.28. The SMILES string of the molecule is CC(C)C(CC(=O)O)NC(=O)NC1CCN(C2CC2)C1. The summed E-state index contributed by atoms with van der Waals surface area (Å²) < 4.78 is 0. The molecule has 1 saturated heterocycles. The molecule has 0 bridgehead atoms. The van der Waals surface area contributed by atoms with E-state index in [1.807, 2.05) is 13.8 Å². The number of nitrogens with one attached hydrogen (secondary N) is 2. The van der Waals surface area contributed by atoms with Crippen LogP contribution in [-0.4, -0.2) is 53.2 Å². The summed E-state index contributed by atoms with van der Waals surface area (Å²) >= 11 is 0. The minimum Gasteiger partial charge on any atom is -0.481 e. The largest absolute Gasteiger partial charge is 0.481 e. The van der Waals surface area contributed by atoms with Gasteiger partial charge in [0, 0.05) is 31.2 Å². The second-order valence-electron chi connectivity index (χ2n) is 6.28. The average Bonchev–Trinajstić information content (AvgIpc) is 3.09. The van der Waals surface area contributed by atoms with Gasteiger partial charge in [0.05, 0.1) is 6.42 Å². The zero-order valence-corrected chi connectivity index (χ0v) is 12.3. The third-order valence-corrected chi connectivity index (χ3v) is 4.13. The van der Waals surface area contributed by atoms with Gasteiger partial charge in [0.1, 0.15) is 0 Å². The van der Waals surface area contributed by atoms with Crippen LogP contribution in [0.2, 0.25) is 0 Å². The smallest absolute Gasteiger partial charge is 0.315 e. The van der Waals surface area contributed by atoms with Crippen molar-refractivity contribution in [3.8, 4) is 0 Å². The summed E-state index contributed by atoms with van der Waals surface area (Å²) in [6.07, 6.45) is 3.51. The highest BCUT2D eigenvalue weighted by Gasteiger charge is 2.35. The Morgan fingerprint density at radius 3 is 2.55 bits per heavy atom. The maximum atomic E-state index is 12.0. The number of carbonyl (C=O) groups is 2. The first-order chi connectivity index (χ1) is 9.45. The quantitative estimate of drug-likeness (QED) is 0.680. The molecule has 0 spiro atoms. The van der Waals surface area contributed by atoms with E-state index < -0.39 is 5.97 Å². The molecule has 2 atom stereocenters. The van der Waals surface area contributed by atoms with Gasteiger partial charge in [-0.2, -0.15) is 0 Å². The van der Waals surface area contributed by atoms with E-state index in [1.54, 1.807) is 0 Å². The molecule has 2 amide bonds. The number of amides is 2. The fourth-order valence-corrected chi connectivity index (χ4v) is 2.71. The monoisotopic (exact) mass is 283 g/mol. The first-order valence-corrected chi connectivity index (χ1v) is 7.48. The van der Waals surface area contributed by atoms with Gasteiger partial charge in [-0.15, -0.1) is 0 Å². The van der Waals surface area contributed by atoms with Crippen molar-refractivity contribution in [2.45, 2.75) is 57.7 Å². The Labute approximate surface area is 119 Å². The molecule has 20 heavy (non-hydrogen) atoms. The van der Waals surface area contributed by atoms with Gasteiger partial charge in [0.25, 0.3) is 0 Å². The molecule has 0 radical (unpaired) electrons. The first kappa shape index (κ1) is 15.1. The number of urea groups is 1. The van der Waals surface area contributed by atoms with Crippen LogP contribution in [0.25, 0.3) is 0 Å². The van der Waals surface area contributed by atoms with Crippen LogP contribution >= 0.6 is 0 Å². The molecule has 2 unspecified atom stereocenters. The molecule has 1 saturated carbocycles. The number of aliphatic carboxylic acids is 1. The highest BCUT2D eigenvalue weighted by Crippen LogP contribution is 2.29. The lowest BCUT2D eigenvalue weighted by atomic mass is 10.0. The van der Waals surface area contributed by atoms with Gasteiger partial charge in [-0.3, -0.25) is 9.69 Å². The summed E-state index contributed by atoms with van der Waals surface area (Å²) in [6, 6.07) is 0.356. The van der Waals surface area contributed by atoms with E-state index in [-0.39, 0.29) is 30.5 Å². The summed E-state index contributed by atoms with van der Waals surface area (Å²) in [6.45, 7) is 5.80. The Kier molecular flexibility index (Phi) is 4.86. The minimum absolute atomic E-state index is 0.0377. The molecule has 1 aliphatic heterocycles. The zero-order valence-electron chi connectivity index (χ0n) is 12.3. The molecule has 6 nitrogen and oxygen atoms in total. The van der Waals surface area contributed by atoms with Gasteiger partial charge in [0.2, 0.25) is 0 Å². The van der Waals surface area contributed by atoms with E-state index in [9.17, 15) is 9.59 Å². The van der Waals surface area contributed by atoms with Crippen molar-refractivity contribution in [2.24, 2.45) is 5.92 Å². The van der Waals surface area contributed by atoms with Crippen molar-refractivity contribution in [1.82, 2.24) is 15.5 Å². The lowest BCUT2D eigenvalue weighted by Crippen LogP contribution is -2.49. The Bertz CT molecular complexity index is 369. The van der Waals surface area contributed by atoms with Crippen molar-refractivity contribution >= 4 is 12.0 Å². The first-order valence-electron chi connectivity index (χ1n) is 7.48. The summed E-state index contributed by atoms with van der Waals surface area (Å²) in [5, 5.41) is 14.6. The number of rotatable bonds is 6. The van der Waals surface area contributed by atoms with Gasteiger partial charge >= 0.3 is 12.0 Å². The molecule has 0 aromatic heterocycles. The normalized spacial score (nSPS) is 24.6. The third kappa shape index (κ3) is 4.37. The topological polar surface area (TPSA) is 81.7 Å².